The molecular formula is C23H21N3O6S. The van der Waals surface area contributed by atoms with Gasteiger partial charge in [0, 0.05) is 6.54 Å². The number of nitrogens with zero attached hydrogens (tertiary/aromatic N) is 1. The predicted molar refractivity (Wildman–Crippen MR) is 122 cm³/mol. The van der Waals surface area contributed by atoms with Gasteiger partial charge < -0.3 is 20.3 Å². The van der Waals surface area contributed by atoms with Crippen LogP contribution in [0.3, 0.4) is 0 Å². The molecule has 4 N–H and O–H groups in total. The van der Waals surface area contributed by atoms with Crippen LogP contribution in [0.5, 0.6) is 5.75 Å². The van der Waals surface area contributed by atoms with Crippen LogP contribution in [-0.4, -0.2) is 24.7 Å². The van der Waals surface area contributed by atoms with Gasteiger partial charge in [-0.3, -0.25) is 0 Å². The Bertz CT molecular complexity index is 1310. The zero-order valence-corrected chi connectivity index (χ0v) is 18.1. The van der Waals surface area contributed by atoms with Gasteiger partial charge in [0.2, 0.25) is 5.88 Å². The molecule has 0 fully saturated rings. The number of anilines is 1. The Morgan fingerprint density at radius 2 is 1.67 bits per heavy atom. The summed E-state index contributed by atoms with van der Waals surface area (Å²) in [5, 5.41) is 22.4. The lowest BCUT2D eigenvalue weighted by molar-refractivity contribution is 0.139. The molecule has 0 atom stereocenters. The smallest absolute Gasteiger partial charge is 0.407 e. The third kappa shape index (κ3) is 5.18. The highest BCUT2D eigenvalue weighted by Gasteiger charge is 2.30. The number of nitrogens with one attached hydrogen (secondary N) is 2. The number of ether oxygens (including phenoxy) is 1. The fourth-order valence-electron chi connectivity index (χ4n) is 3.28. The molecule has 0 radical (unpaired) electrons. The first kappa shape index (κ1) is 22.0. The number of phenolic OH excluding ortho intramolecular Hbond substituents is 1. The van der Waals surface area contributed by atoms with Crippen molar-refractivity contribution in [1.82, 2.24) is 10.0 Å². The molecule has 170 valence electrons. The average molecular weight is 468 g/mol. The van der Waals surface area contributed by atoms with Gasteiger partial charge in [-0.05, 0) is 40.5 Å². The summed E-state index contributed by atoms with van der Waals surface area (Å²) in [6.45, 7) is 0.398. The molecule has 0 saturated carbocycles. The van der Waals surface area contributed by atoms with Crippen LogP contribution < -0.4 is 14.3 Å². The van der Waals surface area contributed by atoms with Crippen LogP contribution >= 0.6 is 0 Å². The zero-order chi connectivity index (χ0) is 23.4. The van der Waals surface area contributed by atoms with Crippen LogP contribution in [0.4, 0.5) is 10.5 Å². The molecule has 9 nitrogen and oxygen atoms in total. The first-order valence-corrected chi connectivity index (χ1v) is 11.4. The summed E-state index contributed by atoms with van der Waals surface area (Å²) in [5.41, 5.74) is 3.04. The second-order valence-corrected chi connectivity index (χ2v) is 8.78. The van der Waals surface area contributed by atoms with E-state index in [-0.39, 0.29) is 24.6 Å². The number of benzene rings is 3. The number of aromatic hydroxyl groups is 1. The molecule has 3 aromatic rings. The number of hydrogen-bond acceptors (Lipinski definition) is 6. The van der Waals surface area contributed by atoms with Crippen molar-refractivity contribution in [2.24, 2.45) is 0 Å². The summed E-state index contributed by atoms with van der Waals surface area (Å²) in [6, 6.07) is 21.1. The maximum Gasteiger partial charge on any atom is 0.407 e. The fraction of sp³-hybridized carbons (Fsp3) is 0.0870. The molecule has 0 aromatic heterocycles. The summed E-state index contributed by atoms with van der Waals surface area (Å²) in [6.07, 6.45) is 0.421. The molecule has 3 aromatic carbocycles. The molecule has 0 unspecified atom stereocenters. The molecule has 1 heterocycles. The van der Waals surface area contributed by atoms with E-state index in [1.54, 1.807) is 12.1 Å². The highest BCUT2D eigenvalue weighted by Crippen LogP contribution is 2.35. The van der Waals surface area contributed by atoms with Gasteiger partial charge in [0.05, 0.1) is 6.20 Å². The molecule has 1 aliphatic rings. The van der Waals surface area contributed by atoms with Crippen molar-refractivity contribution in [1.29, 1.82) is 0 Å². The molecule has 0 spiro atoms. The van der Waals surface area contributed by atoms with E-state index in [4.69, 9.17) is 4.74 Å². The molecule has 33 heavy (non-hydrogen) atoms. The average Bonchev–Trinajstić information content (AvgIpc) is 3.09. The topological polar surface area (TPSA) is 128 Å². The van der Waals surface area contributed by atoms with E-state index in [2.05, 4.69) is 5.32 Å². The highest BCUT2D eigenvalue weighted by molar-refractivity contribution is 7.91. The molecule has 0 saturated heterocycles. The Balaban J connectivity index is 1.46. The standard InChI is InChI=1S/C23H21N3O6S/c27-21-10-9-19(12-20(21)26-14-22(28)25-33(26,30)31)18-8-4-7-17(11-18)13-24-23(29)32-15-16-5-2-1-3-6-16/h1-12,14,25,27-28H,13,15H2,(H,24,29). The van der Waals surface area contributed by atoms with Crippen molar-refractivity contribution >= 4 is 22.0 Å². The van der Waals surface area contributed by atoms with E-state index in [9.17, 15) is 23.4 Å². The predicted octanol–water partition coefficient (Wildman–Crippen LogP) is 3.50. The van der Waals surface area contributed by atoms with Gasteiger partial charge in [-0.15, -0.1) is 0 Å². The first-order chi connectivity index (χ1) is 15.8. The van der Waals surface area contributed by atoms with Gasteiger partial charge in [-0.1, -0.05) is 54.6 Å². The number of carbonyl (C=O) groups excluding carboxylic acids is 1. The summed E-state index contributed by atoms with van der Waals surface area (Å²) < 4.78 is 32.2. The van der Waals surface area contributed by atoms with Crippen molar-refractivity contribution < 1.29 is 28.2 Å². The monoisotopic (exact) mass is 467 g/mol. The van der Waals surface area contributed by atoms with Crippen molar-refractivity contribution in [3.05, 3.63) is 96.0 Å². The van der Waals surface area contributed by atoms with Crippen molar-refractivity contribution in [2.75, 3.05) is 4.31 Å². The van der Waals surface area contributed by atoms with E-state index >= 15 is 0 Å². The van der Waals surface area contributed by atoms with Crippen LogP contribution in [0.15, 0.2) is 84.9 Å². The van der Waals surface area contributed by atoms with Gasteiger partial charge in [0.1, 0.15) is 18.0 Å². The highest BCUT2D eigenvalue weighted by atomic mass is 32.2. The number of amides is 1. The van der Waals surface area contributed by atoms with E-state index in [1.807, 2.05) is 53.3 Å². The summed E-state index contributed by atoms with van der Waals surface area (Å²) in [5.74, 6) is -0.818. The normalized spacial score (nSPS) is 14.3. The third-order valence-electron chi connectivity index (χ3n) is 4.85. The summed E-state index contributed by atoms with van der Waals surface area (Å²) in [7, 11) is -4.04. The lowest BCUT2D eigenvalue weighted by Gasteiger charge is -2.17. The molecule has 0 aliphatic carbocycles. The lowest BCUT2D eigenvalue weighted by Crippen LogP contribution is -2.29. The van der Waals surface area contributed by atoms with Crippen molar-refractivity contribution in [3.63, 3.8) is 0 Å². The summed E-state index contributed by atoms with van der Waals surface area (Å²) >= 11 is 0. The number of hydrogen-bond donors (Lipinski definition) is 4. The Morgan fingerprint density at radius 1 is 0.939 bits per heavy atom. The Labute approximate surface area is 190 Å². The molecule has 0 bridgehead atoms. The van der Waals surface area contributed by atoms with Crippen molar-refractivity contribution in [2.45, 2.75) is 13.2 Å². The van der Waals surface area contributed by atoms with Gasteiger partial charge in [0.25, 0.3) is 0 Å². The first-order valence-electron chi connectivity index (χ1n) is 9.92. The van der Waals surface area contributed by atoms with Crippen LogP contribution in [0.1, 0.15) is 11.1 Å². The van der Waals surface area contributed by atoms with E-state index in [0.29, 0.717) is 5.56 Å². The van der Waals surface area contributed by atoms with Crippen LogP contribution in [-0.2, 0) is 28.1 Å². The molecule has 10 heteroatoms. The molecule has 4 rings (SSSR count). The van der Waals surface area contributed by atoms with E-state index in [0.717, 1.165) is 27.2 Å². The van der Waals surface area contributed by atoms with Gasteiger partial charge in [-0.2, -0.15) is 8.42 Å². The number of rotatable bonds is 6. The van der Waals surface area contributed by atoms with Gasteiger partial charge in [0.15, 0.2) is 0 Å². The minimum Gasteiger partial charge on any atom is -0.506 e. The molecule has 1 amide bonds. The van der Waals surface area contributed by atoms with Crippen LogP contribution in [0.25, 0.3) is 11.1 Å². The third-order valence-corrected chi connectivity index (χ3v) is 6.14. The number of aliphatic hydroxyl groups is 1. The Morgan fingerprint density at radius 3 is 2.39 bits per heavy atom. The van der Waals surface area contributed by atoms with Gasteiger partial charge in [-0.25, -0.2) is 13.8 Å². The van der Waals surface area contributed by atoms with E-state index < -0.39 is 22.2 Å². The largest absolute Gasteiger partial charge is 0.506 e. The number of aliphatic hydroxyl groups excluding tert-OH is 1. The Hall–Kier alpha value is -4.18. The maximum atomic E-state index is 12.2. The number of phenols is 1. The molecule has 1 aliphatic heterocycles. The number of alkyl carbamates (subject to hydrolysis) is 1. The quantitative estimate of drug-likeness (QED) is 0.439. The Kier molecular flexibility index (Phi) is 6.09. The fourth-order valence-corrected chi connectivity index (χ4v) is 4.34. The second kappa shape index (κ2) is 9.13. The van der Waals surface area contributed by atoms with Gasteiger partial charge >= 0.3 is 16.3 Å². The minimum atomic E-state index is -4.04. The van der Waals surface area contributed by atoms with Crippen LogP contribution in [0.2, 0.25) is 0 Å². The lowest BCUT2D eigenvalue weighted by atomic mass is 10.0. The second-order valence-electron chi connectivity index (χ2n) is 7.24. The van der Waals surface area contributed by atoms with E-state index in [1.165, 1.54) is 12.1 Å². The molecular weight excluding hydrogens is 446 g/mol. The number of carbonyl (C=O) groups is 1. The SMILES string of the molecule is O=C(NCc1cccc(-c2ccc(O)c(N3C=C(O)NS3(=O)=O)c2)c1)OCc1ccccc1. The van der Waals surface area contributed by atoms with Crippen LogP contribution in [0, 0.1) is 0 Å². The maximum absolute atomic E-state index is 12.2. The summed E-state index contributed by atoms with van der Waals surface area (Å²) in [4.78, 5) is 12.0. The minimum absolute atomic E-state index is 0.0166. The van der Waals surface area contributed by atoms with Crippen molar-refractivity contribution in [3.8, 4) is 16.9 Å². The zero-order valence-electron chi connectivity index (χ0n) is 17.3.